The predicted octanol–water partition coefficient (Wildman–Crippen LogP) is 5.04. The summed E-state index contributed by atoms with van der Waals surface area (Å²) in [4.78, 5) is 20.5. The number of allylic oxidation sites excluding steroid dienone is 1. The molecular formula is C27H27N5O2. The SMILES string of the molecule is COc1ccc(NC(=O)C2=C(C)Nc3nc4ccccc4n3C2c2ccc(N(C)C)cc2)cc1. The fraction of sp³-hybridized carbons (Fsp3) is 0.185. The van der Waals surface area contributed by atoms with Crippen molar-refractivity contribution < 1.29 is 9.53 Å². The molecule has 34 heavy (non-hydrogen) atoms. The Morgan fingerprint density at radius 2 is 1.74 bits per heavy atom. The van der Waals surface area contributed by atoms with Crippen LogP contribution >= 0.6 is 0 Å². The minimum Gasteiger partial charge on any atom is -0.497 e. The van der Waals surface area contributed by atoms with Gasteiger partial charge in [0.2, 0.25) is 5.95 Å². The largest absolute Gasteiger partial charge is 0.497 e. The third-order valence-electron chi connectivity index (χ3n) is 6.15. The summed E-state index contributed by atoms with van der Waals surface area (Å²) < 4.78 is 7.34. The molecule has 1 unspecified atom stereocenters. The molecule has 1 aliphatic heterocycles. The van der Waals surface area contributed by atoms with E-state index >= 15 is 0 Å². The van der Waals surface area contributed by atoms with E-state index in [0.29, 0.717) is 11.3 Å². The molecule has 5 rings (SSSR count). The van der Waals surface area contributed by atoms with E-state index in [2.05, 4.69) is 44.4 Å². The van der Waals surface area contributed by atoms with Gasteiger partial charge in [0.05, 0.1) is 29.8 Å². The lowest BCUT2D eigenvalue weighted by atomic mass is 9.94. The van der Waals surface area contributed by atoms with Gasteiger partial charge in [0.1, 0.15) is 5.75 Å². The molecule has 1 aliphatic rings. The molecule has 4 aromatic rings. The topological polar surface area (TPSA) is 71.4 Å². The molecular weight excluding hydrogens is 426 g/mol. The smallest absolute Gasteiger partial charge is 0.255 e. The van der Waals surface area contributed by atoms with Crippen LogP contribution in [-0.4, -0.2) is 36.7 Å². The number of nitrogens with zero attached hydrogens (tertiary/aromatic N) is 3. The number of hydrogen-bond acceptors (Lipinski definition) is 5. The number of ether oxygens (including phenoxy) is 1. The first-order valence-electron chi connectivity index (χ1n) is 11.1. The lowest BCUT2D eigenvalue weighted by molar-refractivity contribution is -0.113. The van der Waals surface area contributed by atoms with Gasteiger partial charge in [-0.25, -0.2) is 4.98 Å². The Morgan fingerprint density at radius 3 is 2.41 bits per heavy atom. The van der Waals surface area contributed by atoms with E-state index in [0.717, 1.165) is 39.7 Å². The number of fused-ring (bicyclic) bond motifs is 3. The number of amides is 1. The normalized spacial score (nSPS) is 15.0. The highest BCUT2D eigenvalue weighted by molar-refractivity contribution is 6.06. The zero-order valence-corrected chi connectivity index (χ0v) is 19.7. The number of carbonyl (C=O) groups is 1. The molecule has 2 heterocycles. The molecule has 0 bridgehead atoms. The van der Waals surface area contributed by atoms with E-state index in [1.54, 1.807) is 7.11 Å². The number of hydrogen-bond donors (Lipinski definition) is 2. The average Bonchev–Trinajstić information content (AvgIpc) is 3.21. The molecule has 172 valence electrons. The minimum atomic E-state index is -0.335. The van der Waals surface area contributed by atoms with Gasteiger partial charge < -0.3 is 20.3 Å². The van der Waals surface area contributed by atoms with Crippen LogP contribution < -0.4 is 20.3 Å². The molecule has 0 radical (unpaired) electrons. The molecule has 2 N–H and O–H groups in total. The van der Waals surface area contributed by atoms with Crippen LogP contribution in [0.1, 0.15) is 18.5 Å². The zero-order chi connectivity index (χ0) is 23.8. The summed E-state index contributed by atoms with van der Waals surface area (Å²) in [5.41, 5.74) is 6.07. The van der Waals surface area contributed by atoms with Gasteiger partial charge in [-0.05, 0) is 61.0 Å². The second kappa shape index (κ2) is 8.59. The Balaban J connectivity index is 1.61. The van der Waals surface area contributed by atoms with Crippen LogP contribution in [0, 0.1) is 0 Å². The summed E-state index contributed by atoms with van der Waals surface area (Å²) >= 11 is 0. The van der Waals surface area contributed by atoms with Crippen molar-refractivity contribution >= 4 is 34.3 Å². The van der Waals surface area contributed by atoms with Gasteiger partial charge in [-0.1, -0.05) is 24.3 Å². The molecule has 1 aromatic heterocycles. The van der Waals surface area contributed by atoms with Gasteiger partial charge >= 0.3 is 0 Å². The maximum atomic E-state index is 13.7. The quantitative estimate of drug-likeness (QED) is 0.443. The summed E-state index contributed by atoms with van der Waals surface area (Å²) in [6.07, 6.45) is 0. The van der Waals surface area contributed by atoms with Crippen LogP contribution in [-0.2, 0) is 4.79 Å². The Hall–Kier alpha value is -4.26. The van der Waals surface area contributed by atoms with Crippen molar-refractivity contribution in [3.63, 3.8) is 0 Å². The van der Waals surface area contributed by atoms with E-state index < -0.39 is 0 Å². The first-order valence-corrected chi connectivity index (χ1v) is 11.1. The van der Waals surface area contributed by atoms with Gasteiger partial charge in [-0.3, -0.25) is 9.36 Å². The highest BCUT2D eigenvalue weighted by Gasteiger charge is 2.34. The van der Waals surface area contributed by atoms with Crippen molar-refractivity contribution in [2.45, 2.75) is 13.0 Å². The van der Waals surface area contributed by atoms with E-state index in [1.165, 1.54) is 0 Å². The first kappa shape index (κ1) is 21.6. The van der Waals surface area contributed by atoms with E-state index in [1.807, 2.05) is 69.6 Å². The number of carbonyl (C=O) groups excluding carboxylic acids is 1. The second-order valence-corrected chi connectivity index (χ2v) is 8.53. The molecule has 0 fully saturated rings. The number of aromatic nitrogens is 2. The number of nitrogens with one attached hydrogen (secondary N) is 2. The van der Waals surface area contributed by atoms with Crippen LogP contribution in [0.3, 0.4) is 0 Å². The lowest BCUT2D eigenvalue weighted by Crippen LogP contribution is -2.31. The standard InChI is InChI=1S/C27H27N5O2/c1-17-24(26(33)29-19-11-15-21(34-4)16-12-19)25(18-9-13-20(14-10-18)31(2)3)32-23-8-6-5-7-22(23)30-27(32)28-17/h5-16,25H,1-4H3,(H,28,30)(H,29,33). The molecule has 7 nitrogen and oxygen atoms in total. The average molecular weight is 454 g/mol. The second-order valence-electron chi connectivity index (χ2n) is 8.53. The maximum absolute atomic E-state index is 13.7. The third kappa shape index (κ3) is 3.75. The molecule has 3 aromatic carbocycles. The molecule has 0 saturated heterocycles. The molecule has 1 atom stereocenters. The Morgan fingerprint density at radius 1 is 1.03 bits per heavy atom. The fourth-order valence-corrected chi connectivity index (χ4v) is 4.40. The Labute approximate surface area is 198 Å². The number of para-hydroxylation sites is 2. The highest BCUT2D eigenvalue weighted by Crippen LogP contribution is 2.39. The van der Waals surface area contributed by atoms with Crippen LogP contribution in [0.25, 0.3) is 11.0 Å². The number of imidazole rings is 1. The van der Waals surface area contributed by atoms with Crippen LogP contribution in [0.4, 0.5) is 17.3 Å². The lowest BCUT2D eigenvalue weighted by Gasteiger charge is -2.31. The van der Waals surface area contributed by atoms with Gasteiger partial charge in [-0.2, -0.15) is 0 Å². The van der Waals surface area contributed by atoms with Crippen molar-refractivity contribution in [2.24, 2.45) is 0 Å². The van der Waals surface area contributed by atoms with Crippen molar-refractivity contribution in [1.29, 1.82) is 0 Å². The van der Waals surface area contributed by atoms with Gasteiger partial charge in [0, 0.05) is 31.2 Å². The summed E-state index contributed by atoms with van der Waals surface area (Å²) in [6.45, 7) is 1.92. The van der Waals surface area contributed by atoms with E-state index in [9.17, 15) is 4.79 Å². The van der Waals surface area contributed by atoms with Crippen molar-refractivity contribution in [2.75, 3.05) is 36.7 Å². The maximum Gasteiger partial charge on any atom is 0.255 e. The number of benzene rings is 3. The molecule has 0 saturated carbocycles. The Bertz CT molecular complexity index is 1390. The Kier molecular flexibility index (Phi) is 5.45. The number of anilines is 3. The summed E-state index contributed by atoms with van der Waals surface area (Å²) in [5, 5.41) is 6.42. The molecule has 0 spiro atoms. The van der Waals surface area contributed by atoms with Crippen LogP contribution in [0.15, 0.2) is 84.1 Å². The van der Waals surface area contributed by atoms with Gasteiger partial charge in [0.25, 0.3) is 5.91 Å². The van der Waals surface area contributed by atoms with Crippen molar-refractivity contribution in [3.05, 3.63) is 89.6 Å². The number of methoxy groups -OCH3 is 1. The first-order chi connectivity index (χ1) is 16.5. The third-order valence-corrected chi connectivity index (χ3v) is 6.15. The van der Waals surface area contributed by atoms with Crippen LogP contribution in [0.2, 0.25) is 0 Å². The molecule has 0 aliphatic carbocycles. The number of rotatable bonds is 5. The molecule has 1 amide bonds. The van der Waals surface area contributed by atoms with E-state index in [-0.39, 0.29) is 11.9 Å². The summed E-state index contributed by atoms with van der Waals surface area (Å²) in [6, 6.07) is 23.3. The van der Waals surface area contributed by atoms with Crippen LogP contribution in [0.5, 0.6) is 5.75 Å². The highest BCUT2D eigenvalue weighted by atomic mass is 16.5. The minimum absolute atomic E-state index is 0.166. The summed E-state index contributed by atoms with van der Waals surface area (Å²) in [5.74, 6) is 1.29. The fourth-order valence-electron chi connectivity index (χ4n) is 4.40. The van der Waals surface area contributed by atoms with Gasteiger partial charge in [-0.15, -0.1) is 0 Å². The zero-order valence-electron chi connectivity index (χ0n) is 19.7. The van der Waals surface area contributed by atoms with Gasteiger partial charge in [0.15, 0.2) is 0 Å². The molecule has 7 heteroatoms. The van der Waals surface area contributed by atoms with E-state index in [4.69, 9.17) is 9.72 Å². The van der Waals surface area contributed by atoms with Crippen molar-refractivity contribution in [1.82, 2.24) is 9.55 Å². The van der Waals surface area contributed by atoms with Crippen molar-refractivity contribution in [3.8, 4) is 5.75 Å². The summed E-state index contributed by atoms with van der Waals surface area (Å²) in [7, 11) is 5.65. The monoisotopic (exact) mass is 453 g/mol. The predicted molar refractivity (Wildman–Crippen MR) is 137 cm³/mol.